The van der Waals surface area contributed by atoms with E-state index < -0.39 is 11.7 Å². The van der Waals surface area contributed by atoms with Crippen molar-refractivity contribution in [2.24, 2.45) is 5.11 Å². The van der Waals surface area contributed by atoms with E-state index in [4.69, 9.17) is 9.47 Å². The van der Waals surface area contributed by atoms with Crippen molar-refractivity contribution in [1.82, 2.24) is 9.80 Å². The summed E-state index contributed by atoms with van der Waals surface area (Å²) in [7, 11) is 0. The fraction of sp³-hybridized carbons (Fsp3) is 0.394. The zero-order chi connectivity index (χ0) is 30.7. The van der Waals surface area contributed by atoms with Crippen molar-refractivity contribution in [3.05, 3.63) is 92.9 Å². The molecule has 1 heterocycles. The molecular weight excluding hydrogens is 544 g/mol. The number of ether oxygens (including phenoxy) is 2. The second-order valence-electron chi connectivity index (χ2n) is 12.1. The Labute approximate surface area is 252 Å². The van der Waals surface area contributed by atoms with Crippen LogP contribution >= 0.6 is 0 Å². The highest BCUT2D eigenvalue weighted by Gasteiger charge is 2.30. The van der Waals surface area contributed by atoms with Gasteiger partial charge in [-0.25, -0.2) is 9.59 Å². The fourth-order valence-corrected chi connectivity index (χ4v) is 5.85. The average Bonchev–Trinajstić information content (AvgIpc) is 3.30. The molecule has 5 rings (SSSR count). The summed E-state index contributed by atoms with van der Waals surface area (Å²) in [6.07, 6.45) is -0.873. The minimum absolute atomic E-state index is 0.0511. The molecule has 0 atom stereocenters. The van der Waals surface area contributed by atoms with Gasteiger partial charge in [-0.2, -0.15) is 0 Å². The van der Waals surface area contributed by atoms with Gasteiger partial charge in [0.25, 0.3) is 0 Å². The van der Waals surface area contributed by atoms with E-state index in [1.807, 2.05) is 65.0 Å². The molecular formula is C33H38N6O4. The van der Waals surface area contributed by atoms with Crippen LogP contribution in [-0.4, -0.2) is 60.4 Å². The van der Waals surface area contributed by atoms with Crippen molar-refractivity contribution >= 4 is 23.6 Å². The van der Waals surface area contributed by atoms with Crippen LogP contribution in [0.3, 0.4) is 0 Å². The van der Waals surface area contributed by atoms with Gasteiger partial charge in [0, 0.05) is 49.2 Å². The summed E-state index contributed by atoms with van der Waals surface area (Å²) in [5, 5.41) is 6.84. The number of amides is 2. The van der Waals surface area contributed by atoms with Crippen molar-refractivity contribution in [2.45, 2.75) is 52.7 Å². The lowest BCUT2D eigenvalue weighted by molar-refractivity contribution is 0.0139. The van der Waals surface area contributed by atoms with Crippen LogP contribution < -0.4 is 5.32 Å². The molecule has 0 saturated carbocycles. The highest BCUT2D eigenvalue weighted by atomic mass is 16.6. The van der Waals surface area contributed by atoms with Crippen LogP contribution in [0.15, 0.2) is 59.7 Å². The molecule has 10 heteroatoms. The first-order valence-electron chi connectivity index (χ1n) is 14.6. The third-order valence-corrected chi connectivity index (χ3v) is 8.07. The molecule has 1 saturated heterocycles. The summed E-state index contributed by atoms with van der Waals surface area (Å²) in [6.45, 7) is 12.5. The largest absolute Gasteiger partial charge is 0.448 e. The van der Waals surface area contributed by atoms with Gasteiger partial charge < -0.3 is 14.4 Å². The molecule has 2 amide bonds. The van der Waals surface area contributed by atoms with Crippen molar-refractivity contribution in [3.63, 3.8) is 0 Å². The third kappa shape index (κ3) is 6.61. The van der Waals surface area contributed by atoms with E-state index in [-0.39, 0.29) is 18.6 Å². The minimum Gasteiger partial charge on any atom is -0.448 e. The normalized spacial score (nSPS) is 14.9. The summed E-state index contributed by atoms with van der Waals surface area (Å²) in [5.74, 6) is -0.0511. The molecule has 0 bridgehead atoms. The number of anilines is 1. The number of carbonyl (C=O) groups excluding carboxylic acids is 2. The molecule has 0 spiro atoms. The summed E-state index contributed by atoms with van der Waals surface area (Å²) in [6, 6.07) is 18.3. The van der Waals surface area contributed by atoms with E-state index in [1.54, 1.807) is 4.90 Å². The zero-order valence-corrected chi connectivity index (χ0v) is 25.4. The number of fused-ring (bicyclic) bond motifs is 3. The number of carbonyl (C=O) groups is 2. The van der Waals surface area contributed by atoms with Crippen molar-refractivity contribution in [1.29, 1.82) is 0 Å². The Balaban J connectivity index is 1.28. The number of nitrogens with one attached hydrogen (secondary N) is 1. The second kappa shape index (κ2) is 12.4. The Hall–Kier alpha value is -4.53. The minimum atomic E-state index is -0.567. The molecule has 0 aromatic heterocycles. The van der Waals surface area contributed by atoms with E-state index >= 15 is 0 Å². The molecule has 1 aliphatic carbocycles. The fourth-order valence-electron chi connectivity index (χ4n) is 5.85. The number of rotatable bonds is 6. The molecule has 0 unspecified atom stereocenters. The number of azide groups is 1. The second-order valence-corrected chi connectivity index (χ2v) is 12.1. The third-order valence-electron chi connectivity index (χ3n) is 8.07. The van der Waals surface area contributed by atoms with Gasteiger partial charge in [-0.05, 0) is 85.2 Å². The predicted molar refractivity (Wildman–Crippen MR) is 166 cm³/mol. The first-order chi connectivity index (χ1) is 20.6. The molecule has 1 N–H and O–H groups in total. The lowest BCUT2D eigenvalue weighted by Crippen LogP contribution is -2.49. The Morgan fingerprint density at radius 2 is 1.58 bits per heavy atom. The lowest BCUT2D eigenvalue weighted by atomic mass is 9.98. The first-order valence-corrected chi connectivity index (χ1v) is 14.6. The predicted octanol–water partition coefficient (Wildman–Crippen LogP) is 7.66. The molecule has 3 aromatic rings. The first kappa shape index (κ1) is 29.9. The monoisotopic (exact) mass is 582 g/mol. The summed E-state index contributed by atoms with van der Waals surface area (Å²) < 4.78 is 11.3. The van der Waals surface area contributed by atoms with Gasteiger partial charge in [-0.1, -0.05) is 53.6 Å². The maximum atomic E-state index is 13.2. The Morgan fingerprint density at radius 1 is 0.977 bits per heavy atom. The summed E-state index contributed by atoms with van der Waals surface area (Å²) in [4.78, 5) is 32.6. The zero-order valence-electron chi connectivity index (χ0n) is 25.4. The van der Waals surface area contributed by atoms with Crippen LogP contribution in [0.25, 0.3) is 21.6 Å². The highest BCUT2D eigenvalue weighted by Crippen LogP contribution is 2.44. The maximum absolute atomic E-state index is 13.2. The van der Waals surface area contributed by atoms with Gasteiger partial charge in [0.15, 0.2) is 0 Å². The van der Waals surface area contributed by atoms with Crippen LogP contribution in [0.5, 0.6) is 0 Å². The van der Waals surface area contributed by atoms with Crippen LogP contribution in [-0.2, 0) is 16.0 Å². The Bertz CT molecular complexity index is 1540. The standard InChI is InChI=1S/C33H38N6O4/c1-21-23(19-38-14-16-39(17-15-38)32(41)43-33(3,4)5)18-29(36-37-34)22(2)30(21)35-31(40)42-20-28-26-12-8-6-10-24(26)25-11-7-9-13-27(25)28/h6-13,18,28H,14-17,19-20H2,1-5H3,(H,35,40). The average molecular weight is 583 g/mol. The van der Waals surface area contributed by atoms with Gasteiger partial charge >= 0.3 is 12.2 Å². The summed E-state index contributed by atoms with van der Waals surface area (Å²) in [5.41, 5.74) is 16.8. The van der Waals surface area contributed by atoms with Gasteiger partial charge in [-0.3, -0.25) is 10.2 Å². The molecule has 2 aliphatic rings. The van der Waals surface area contributed by atoms with E-state index in [0.29, 0.717) is 49.7 Å². The molecule has 0 radical (unpaired) electrons. The van der Waals surface area contributed by atoms with Crippen molar-refractivity contribution in [3.8, 4) is 11.1 Å². The quantitative estimate of drug-likeness (QED) is 0.182. The SMILES string of the molecule is Cc1c(CN2CCN(C(=O)OC(C)(C)C)CC2)cc(N=[N+]=[N-])c(C)c1NC(=O)OCC1c2ccccc2-c2ccccc21. The molecule has 224 valence electrons. The molecule has 1 aliphatic heterocycles. The number of benzene rings is 3. The van der Waals surface area contributed by atoms with Gasteiger partial charge in [0.2, 0.25) is 0 Å². The van der Waals surface area contributed by atoms with Crippen LogP contribution in [0.1, 0.15) is 54.5 Å². The van der Waals surface area contributed by atoms with E-state index in [2.05, 4.69) is 44.5 Å². The lowest BCUT2D eigenvalue weighted by Gasteiger charge is -2.36. The molecule has 3 aromatic carbocycles. The van der Waals surface area contributed by atoms with Gasteiger partial charge in [-0.15, -0.1) is 0 Å². The smallest absolute Gasteiger partial charge is 0.411 e. The van der Waals surface area contributed by atoms with Crippen LogP contribution in [0.4, 0.5) is 21.0 Å². The number of nitrogens with zero attached hydrogens (tertiary/aromatic N) is 5. The van der Waals surface area contributed by atoms with Crippen molar-refractivity contribution in [2.75, 3.05) is 38.1 Å². The van der Waals surface area contributed by atoms with Gasteiger partial charge in [0.1, 0.15) is 12.2 Å². The van der Waals surface area contributed by atoms with E-state index in [0.717, 1.165) is 33.4 Å². The van der Waals surface area contributed by atoms with Crippen molar-refractivity contribution < 1.29 is 19.1 Å². The Kier molecular flexibility index (Phi) is 8.62. The maximum Gasteiger partial charge on any atom is 0.411 e. The topological polar surface area (TPSA) is 120 Å². The molecule has 43 heavy (non-hydrogen) atoms. The van der Waals surface area contributed by atoms with E-state index in [1.165, 1.54) is 0 Å². The number of piperazine rings is 1. The Morgan fingerprint density at radius 3 is 2.16 bits per heavy atom. The highest BCUT2D eigenvalue weighted by molar-refractivity contribution is 5.89. The molecule has 10 nitrogen and oxygen atoms in total. The summed E-state index contributed by atoms with van der Waals surface area (Å²) >= 11 is 0. The van der Waals surface area contributed by atoms with Crippen LogP contribution in [0.2, 0.25) is 0 Å². The number of hydrogen-bond donors (Lipinski definition) is 1. The number of hydrogen-bond acceptors (Lipinski definition) is 6. The van der Waals surface area contributed by atoms with Crippen LogP contribution in [0, 0.1) is 13.8 Å². The van der Waals surface area contributed by atoms with E-state index in [9.17, 15) is 15.1 Å². The molecule has 1 fully saturated rings. The van der Waals surface area contributed by atoms with Gasteiger partial charge in [0.05, 0.1) is 5.69 Å².